The highest BCUT2D eigenvalue weighted by molar-refractivity contribution is 5.44. The molecule has 4 heteroatoms. The summed E-state index contributed by atoms with van der Waals surface area (Å²) in [6.07, 6.45) is 7.25. The second-order valence-electron chi connectivity index (χ2n) is 6.22. The van der Waals surface area contributed by atoms with Crippen LogP contribution in [0.4, 0.5) is 5.82 Å². The largest absolute Gasteiger partial charge is 0.374 e. The lowest BCUT2D eigenvalue weighted by molar-refractivity contribution is 0.0253. The maximum Gasteiger partial charge on any atom is 0.129 e. The van der Waals surface area contributed by atoms with Crippen LogP contribution in [-0.4, -0.2) is 36.8 Å². The predicted octanol–water partition coefficient (Wildman–Crippen LogP) is 2.90. The number of ether oxygens (including phenoxy) is 1. The average Bonchev–Trinajstić information content (AvgIpc) is 3.01. The van der Waals surface area contributed by atoms with Crippen LogP contribution in [0.3, 0.4) is 0 Å². The van der Waals surface area contributed by atoms with Crippen molar-refractivity contribution in [1.82, 2.24) is 10.3 Å². The van der Waals surface area contributed by atoms with Crippen molar-refractivity contribution in [3.63, 3.8) is 0 Å². The molecular weight excluding hydrogens is 262 g/mol. The third kappa shape index (κ3) is 3.22. The molecule has 3 atom stereocenters. The first-order valence-electron chi connectivity index (χ1n) is 8.37. The molecule has 1 aliphatic carbocycles. The Labute approximate surface area is 127 Å². The van der Waals surface area contributed by atoms with Gasteiger partial charge in [-0.2, -0.15) is 0 Å². The van der Waals surface area contributed by atoms with E-state index < -0.39 is 0 Å². The molecule has 2 aliphatic rings. The molecule has 1 saturated heterocycles. The van der Waals surface area contributed by atoms with Crippen LogP contribution in [0.1, 0.15) is 51.1 Å². The SMILES string of the molecule is CCCNC(C)c1ccnc(N2CCOC3CCCC32)c1. The molecule has 3 rings (SSSR count). The number of hydrogen-bond donors (Lipinski definition) is 1. The Morgan fingerprint density at radius 1 is 1.48 bits per heavy atom. The van der Waals surface area contributed by atoms with Crippen LogP contribution in [0.5, 0.6) is 0 Å². The number of fused-ring (bicyclic) bond motifs is 1. The van der Waals surface area contributed by atoms with E-state index in [2.05, 4.69) is 41.2 Å². The molecule has 2 heterocycles. The first kappa shape index (κ1) is 14.8. The van der Waals surface area contributed by atoms with E-state index in [0.29, 0.717) is 18.2 Å². The molecule has 4 nitrogen and oxygen atoms in total. The maximum absolute atomic E-state index is 5.90. The Kier molecular flexibility index (Phi) is 4.76. The van der Waals surface area contributed by atoms with Gasteiger partial charge >= 0.3 is 0 Å². The lowest BCUT2D eigenvalue weighted by Gasteiger charge is -2.38. The van der Waals surface area contributed by atoms with Crippen molar-refractivity contribution in [2.24, 2.45) is 0 Å². The zero-order valence-corrected chi connectivity index (χ0v) is 13.2. The van der Waals surface area contributed by atoms with Crippen molar-refractivity contribution in [2.75, 3.05) is 24.6 Å². The number of hydrogen-bond acceptors (Lipinski definition) is 4. The second kappa shape index (κ2) is 6.75. The van der Waals surface area contributed by atoms with Crippen molar-refractivity contribution >= 4 is 5.82 Å². The molecule has 1 saturated carbocycles. The molecule has 1 N–H and O–H groups in total. The van der Waals surface area contributed by atoms with Gasteiger partial charge in [-0.1, -0.05) is 6.92 Å². The Bertz CT molecular complexity index is 465. The summed E-state index contributed by atoms with van der Waals surface area (Å²) in [5.74, 6) is 1.12. The summed E-state index contributed by atoms with van der Waals surface area (Å²) >= 11 is 0. The molecule has 0 bridgehead atoms. The highest BCUT2D eigenvalue weighted by Crippen LogP contribution is 2.32. The fourth-order valence-electron chi connectivity index (χ4n) is 3.55. The summed E-state index contributed by atoms with van der Waals surface area (Å²) in [6, 6.07) is 5.30. The van der Waals surface area contributed by atoms with Gasteiger partial charge in [-0.25, -0.2) is 4.98 Å². The van der Waals surface area contributed by atoms with Crippen molar-refractivity contribution in [3.05, 3.63) is 23.9 Å². The summed E-state index contributed by atoms with van der Waals surface area (Å²) in [7, 11) is 0. The van der Waals surface area contributed by atoms with Gasteiger partial charge in [-0.3, -0.25) is 0 Å². The fourth-order valence-corrected chi connectivity index (χ4v) is 3.55. The summed E-state index contributed by atoms with van der Waals surface area (Å²) in [4.78, 5) is 7.10. The van der Waals surface area contributed by atoms with Gasteiger partial charge in [-0.15, -0.1) is 0 Å². The Morgan fingerprint density at radius 3 is 3.24 bits per heavy atom. The highest BCUT2D eigenvalue weighted by Gasteiger charge is 2.36. The molecule has 0 spiro atoms. The van der Waals surface area contributed by atoms with E-state index in [1.54, 1.807) is 0 Å². The monoisotopic (exact) mass is 289 g/mol. The van der Waals surface area contributed by atoms with Crippen LogP contribution < -0.4 is 10.2 Å². The first-order chi connectivity index (χ1) is 10.3. The van der Waals surface area contributed by atoms with Crippen LogP contribution in [0, 0.1) is 0 Å². The van der Waals surface area contributed by atoms with E-state index in [-0.39, 0.29) is 0 Å². The summed E-state index contributed by atoms with van der Waals surface area (Å²) in [5, 5.41) is 3.55. The Morgan fingerprint density at radius 2 is 2.38 bits per heavy atom. The molecule has 21 heavy (non-hydrogen) atoms. The normalized spacial score (nSPS) is 26.7. The Hall–Kier alpha value is -1.13. The minimum atomic E-state index is 0.382. The zero-order chi connectivity index (χ0) is 14.7. The number of pyridine rings is 1. The van der Waals surface area contributed by atoms with Crippen LogP contribution >= 0.6 is 0 Å². The second-order valence-corrected chi connectivity index (χ2v) is 6.22. The van der Waals surface area contributed by atoms with Crippen molar-refractivity contribution in [2.45, 2.75) is 57.7 Å². The van der Waals surface area contributed by atoms with Gasteiger partial charge in [0.25, 0.3) is 0 Å². The zero-order valence-electron chi connectivity index (χ0n) is 13.2. The van der Waals surface area contributed by atoms with Crippen LogP contribution in [0.15, 0.2) is 18.3 Å². The average molecular weight is 289 g/mol. The third-order valence-electron chi connectivity index (χ3n) is 4.75. The number of anilines is 1. The van der Waals surface area contributed by atoms with Gasteiger partial charge in [0.2, 0.25) is 0 Å². The van der Waals surface area contributed by atoms with E-state index in [4.69, 9.17) is 4.74 Å². The molecule has 2 fully saturated rings. The molecule has 1 aliphatic heterocycles. The number of aromatic nitrogens is 1. The van der Waals surface area contributed by atoms with Crippen molar-refractivity contribution in [3.8, 4) is 0 Å². The van der Waals surface area contributed by atoms with Gasteiger partial charge in [-0.05, 0) is 56.8 Å². The number of nitrogens with one attached hydrogen (secondary N) is 1. The Balaban J connectivity index is 1.75. The van der Waals surface area contributed by atoms with E-state index in [1.807, 2.05) is 6.20 Å². The van der Waals surface area contributed by atoms with Crippen LogP contribution in [0.25, 0.3) is 0 Å². The molecule has 116 valence electrons. The van der Waals surface area contributed by atoms with Crippen molar-refractivity contribution in [1.29, 1.82) is 0 Å². The predicted molar refractivity (Wildman–Crippen MR) is 85.7 cm³/mol. The van der Waals surface area contributed by atoms with E-state index in [1.165, 1.54) is 24.8 Å². The minimum absolute atomic E-state index is 0.382. The van der Waals surface area contributed by atoms with E-state index in [0.717, 1.165) is 31.9 Å². The van der Waals surface area contributed by atoms with Gasteiger partial charge in [0.1, 0.15) is 5.82 Å². The molecule has 1 aromatic rings. The topological polar surface area (TPSA) is 37.4 Å². The number of morpholine rings is 1. The van der Waals surface area contributed by atoms with Gasteiger partial charge in [0, 0.05) is 18.8 Å². The molecule has 0 amide bonds. The fraction of sp³-hybridized carbons (Fsp3) is 0.706. The third-order valence-corrected chi connectivity index (χ3v) is 4.75. The highest BCUT2D eigenvalue weighted by atomic mass is 16.5. The van der Waals surface area contributed by atoms with Gasteiger partial charge in [0.15, 0.2) is 0 Å². The van der Waals surface area contributed by atoms with Gasteiger partial charge in [0.05, 0.1) is 18.8 Å². The quantitative estimate of drug-likeness (QED) is 0.904. The van der Waals surface area contributed by atoms with E-state index in [9.17, 15) is 0 Å². The van der Waals surface area contributed by atoms with Crippen LogP contribution in [0.2, 0.25) is 0 Å². The van der Waals surface area contributed by atoms with E-state index >= 15 is 0 Å². The summed E-state index contributed by atoms with van der Waals surface area (Å²) in [6.45, 7) is 7.28. The number of rotatable bonds is 5. The number of nitrogens with zero attached hydrogens (tertiary/aromatic N) is 2. The molecule has 3 unspecified atom stereocenters. The molecule has 0 radical (unpaired) electrons. The van der Waals surface area contributed by atoms with Gasteiger partial charge < -0.3 is 15.0 Å². The van der Waals surface area contributed by atoms with Crippen LogP contribution in [-0.2, 0) is 4.74 Å². The lowest BCUT2D eigenvalue weighted by atomic mass is 10.1. The smallest absolute Gasteiger partial charge is 0.129 e. The maximum atomic E-state index is 5.90. The summed E-state index contributed by atoms with van der Waals surface area (Å²) in [5.41, 5.74) is 1.33. The first-order valence-corrected chi connectivity index (χ1v) is 8.37. The molecule has 1 aromatic heterocycles. The molecular formula is C17H27N3O. The minimum Gasteiger partial charge on any atom is -0.374 e. The van der Waals surface area contributed by atoms with Crippen molar-refractivity contribution < 1.29 is 4.74 Å². The standard InChI is InChI=1S/C17H27N3O/c1-3-8-18-13(2)14-7-9-19-17(12-14)20-10-11-21-16-6-4-5-15(16)20/h7,9,12-13,15-16,18H,3-6,8,10-11H2,1-2H3. The lowest BCUT2D eigenvalue weighted by Crippen LogP contribution is -2.49. The molecule has 0 aromatic carbocycles. The summed E-state index contributed by atoms with van der Waals surface area (Å²) < 4.78 is 5.90.